The summed E-state index contributed by atoms with van der Waals surface area (Å²) in [6, 6.07) is 13.9. The van der Waals surface area contributed by atoms with Crippen molar-refractivity contribution in [3.05, 3.63) is 70.8 Å². The van der Waals surface area contributed by atoms with E-state index >= 15 is 0 Å². The van der Waals surface area contributed by atoms with Gasteiger partial charge in [-0.1, -0.05) is 71.9 Å². The number of carboxylic acid groups (broad SMARTS) is 2. The Balaban J connectivity index is 0.000000314. The van der Waals surface area contributed by atoms with Crippen LogP contribution < -0.4 is 0 Å². The summed E-state index contributed by atoms with van der Waals surface area (Å²) in [5, 5.41) is 17.7. The highest BCUT2D eigenvalue weighted by Crippen LogP contribution is 2.36. The van der Waals surface area contributed by atoms with Gasteiger partial charge in [0.05, 0.1) is 11.1 Å². The van der Waals surface area contributed by atoms with Crippen molar-refractivity contribution in [3.8, 4) is 0 Å². The first-order valence-electron chi connectivity index (χ1n) is 8.51. The van der Waals surface area contributed by atoms with Crippen LogP contribution in [0.15, 0.2) is 48.5 Å². The fourth-order valence-electron chi connectivity index (χ4n) is 2.74. The summed E-state index contributed by atoms with van der Waals surface area (Å²) in [6.07, 6.45) is 0. The first-order valence-corrected chi connectivity index (χ1v) is 8.51. The molecule has 0 aliphatic rings. The zero-order chi connectivity index (χ0) is 20.1. The number of aromatic carboxylic acids is 2. The van der Waals surface area contributed by atoms with Crippen LogP contribution in [0.3, 0.4) is 0 Å². The zero-order valence-corrected chi connectivity index (χ0v) is 16.3. The Morgan fingerprint density at radius 1 is 0.692 bits per heavy atom. The quantitative estimate of drug-likeness (QED) is 0.759. The average molecular weight is 356 g/mol. The molecule has 2 aromatic carbocycles. The summed E-state index contributed by atoms with van der Waals surface area (Å²) in [6.45, 7) is 12.5. The molecule has 2 rings (SSSR count). The third kappa shape index (κ3) is 5.73. The van der Waals surface area contributed by atoms with Crippen molar-refractivity contribution in [2.24, 2.45) is 0 Å². The van der Waals surface area contributed by atoms with Crippen LogP contribution in [0.4, 0.5) is 0 Å². The van der Waals surface area contributed by atoms with Gasteiger partial charge in [0.2, 0.25) is 0 Å². The normalized spacial score (nSPS) is 11.3. The van der Waals surface area contributed by atoms with Crippen LogP contribution in [0.2, 0.25) is 0 Å². The van der Waals surface area contributed by atoms with E-state index in [1.807, 2.05) is 12.1 Å². The second-order valence-corrected chi connectivity index (χ2v) is 8.20. The summed E-state index contributed by atoms with van der Waals surface area (Å²) in [4.78, 5) is 21.5. The maximum atomic E-state index is 11.3. The monoisotopic (exact) mass is 356 g/mol. The van der Waals surface area contributed by atoms with Gasteiger partial charge >= 0.3 is 11.9 Å². The van der Waals surface area contributed by atoms with Gasteiger partial charge in [0.25, 0.3) is 0 Å². The Morgan fingerprint density at radius 2 is 1.23 bits per heavy atom. The van der Waals surface area contributed by atoms with E-state index in [4.69, 9.17) is 5.11 Å². The van der Waals surface area contributed by atoms with E-state index < -0.39 is 11.9 Å². The molecule has 2 N–H and O–H groups in total. The summed E-state index contributed by atoms with van der Waals surface area (Å²) < 4.78 is 0. The molecule has 0 atom stereocenters. The zero-order valence-electron chi connectivity index (χ0n) is 16.3. The molecule has 4 heteroatoms. The van der Waals surface area contributed by atoms with Crippen LogP contribution in [0.5, 0.6) is 0 Å². The molecule has 26 heavy (non-hydrogen) atoms. The molecule has 0 saturated carbocycles. The number of carboxylic acids is 2. The Bertz CT molecular complexity index is 763. The molecule has 0 bridgehead atoms. The van der Waals surface area contributed by atoms with Gasteiger partial charge in [-0.3, -0.25) is 0 Å². The lowest BCUT2D eigenvalue weighted by Crippen LogP contribution is -2.25. The van der Waals surface area contributed by atoms with Crippen molar-refractivity contribution in [3.63, 3.8) is 0 Å². The average Bonchev–Trinajstić information content (AvgIpc) is 2.54. The summed E-state index contributed by atoms with van der Waals surface area (Å²) >= 11 is 0. The van der Waals surface area contributed by atoms with Crippen molar-refractivity contribution in [1.29, 1.82) is 0 Å². The van der Waals surface area contributed by atoms with Crippen LogP contribution in [0.1, 0.15) is 73.4 Å². The Hall–Kier alpha value is -2.62. The molecule has 0 radical (unpaired) electrons. The van der Waals surface area contributed by atoms with Crippen LogP contribution in [-0.4, -0.2) is 22.2 Å². The van der Waals surface area contributed by atoms with E-state index in [9.17, 15) is 14.7 Å². The number of hydrogen-bond donors (Lipinski definition) is 2. The molecular formula is C22H28O4. The van der Waals surface area contributed by atoms with Crippen LogP contribution in [0, 0.1) is 0 Å². The molecule has 0 spiro atoms. The van der Waals surface area contributed by atoms with Crippen LogP contribution in [0.25, 0.3) is 0 Å². The second-order valence-electron chi connectivity index (χ2n) is 8.20. The van der Waals surface area contributed by atoms with E-state index in [2.05, 4.69) is 41.5 Å². The van der Waals surface area contributed by atoms with Crippen molar-refractivity contribution >= 4 is 11.9 Å². The lowest BCUT2D eigenvalue weighted by Gasteiger charge is -2.31. The van der Waals surface area contributed by atoms with Gasteiger partial charge in [0, 0.05) is 0 Å². The third-order valence-electron chi connectivity index (χ3n) is 3.87. The van der Waals surface area contributed by atoms with Gasteiger partial charge in [-0.25, -0.2) is 9.59 Å². The van der Waals surface area contributed by atoms with Gasteiger partial charge in [-0.2, -0.15) is 0 Å². The Morgan fingerprint density at radius 3 is 1.58 bits per heavy atom. The minimum Gasteiger partial charge on any atom is -0.478 e. The standard InChI is InChI=1S/C15H22O2.C7H6O2/c1-14(2,3)11-9-7-8-10(13(16)17)12(11)15(4,5)6;8-7(9)6-4-2-1-3-5-6/h7-9H,1-6H3,(H,16,17);1-5H,(H,8,9). The first-order chi connectivity index (χ1) is 11.9. The highest BCUT2D eigenvalue weighted by molar-refractivity contribution is 5.90. The van der Waals surface area contributed by atoms with Crippen molar-refractivity contribution in [1.82, 2.24) is 0 Å². The molecule has 2 aromatic rings. The lowest BCUT2D eigenvalue weighted by atomic mass is 9.73. The predicted octanol–water partition coefficient (Wildman–Crippen LogP) is 5.36. The van der Waals surface area contributed by atoms with E-state index in [0.29, 0.717) is 11.1 Å². The molecule has 140 valence electrons. The summed E-state index contributed by atoms with van der Waals surface area (Å²) in [7, 11) is 0. The Labute approximate surface area is 155 Å². The van der Waals surface area contributed by atoms with E-state index in [0.717, 1.165) is 11.1 Å². The fourth-order valence-corrected chi connectivity index (χ4v) is 2.74. The summed E-state index contributed by atoms with van der Waals surface area (Å²) in [5.41, 5.74) is 2.60. The van der Waals surface area contributed by atoms with Crippen molar-refractivity contribution in [2.45, 2.75) is 52.4 Å². The molecular weight excluding hydrogens is 328 g/mol. The van der Waals surface area contributed by atoms with Gasteiger partial charge in [-0.05, 0) is 40.2 Å². The SMILES string of the molecule is CC(C)(C)c1cccc(C(=O)O)c1C(C)(C)C.O=C(O)c1ccccc1. The molecule has 0 saturated heterocycles. The molecule has 4 nitrogen and oxygen atoms in total. The van der Waals surface area contributed by atoms with Crippen molar-refractivity contribution < 1.29 is 19.8 Å². The van der Waals surface area contributed by atoms with Crippen LogP contribution in [-0.2, 0) is 10.8 Å². The number of hydrogen-bond acceptors (Lipinski definition) is 2. The largest absolute Gasteiger partial charge is 0.478 e. The van der Waals surface area contributed by atoms with Crippen molar-refractivity contribution in [2.75, 3.05) is 0 Å². The summed E-state index contributed by atoms with van der Waals surface area (Å²) in [5.74, 6) is -1.73. The molecule has 0 aliphatic carbocycles. The highest BCUT2D eigenvalue weighted by Gasteiger charge is 2.29. The minimum atomic E-state index is -0.879. The fraction of sp³-hybridized carbons (Fsp3) is 0.364. The van der Waals surface area contributed by atoms with E-state index in [-0.39, 0.29) is 10.8 Å². The van der Waals surface area contributed by atoms with Gasteiger partial charge < -0.3 is 10.2 Å². The Kier molecular flexibility index (Phi) is 6.73. The molecule has 0 heterocycles. The molecule has 0 aliphatic heterocycles. The van der Waals surface area contributed by atoms with Gasteiger partial charge in [0.15, 0.2) is 0 Å². The molecule has 0 amide bonds. The van der Waals surface area contributed by atoms with E-state index in [1.54, 1.807) is 36.4 Å². The highest BCUT2D eigenvalue weighted by atomic mass is 16.4. The molecule has 0 aromatic heterocycles. The molecule has 0 unspecified atom stereocenters. The van der Waals surface area contributed by atoms with Gasteiger partial charge in [0.1, 0.15) is 0 Å². The number of benzene rings is 2. The van der Waals surface area contributed by atoms with E-state index in [1.165, 1.54) is 0 Å². The number of rotatable bonds is 2. The third-order valence-corrected chi connectivity index (χ3v) is 3.87. The van der Waals surface area contributed by atoms with Gasteiger partial charge in [-0.15, -0.1) is 0 Å². The maximum absolute atomic E-state index is 11.3. The van der Waals surface area contributed by atoms with Crippen LogP contribution >= 0.6 is 0 Å². The number of carbonyl (C=O) groups is 2. The second kappa shape index (κ2) is 8.17. The first kappa shape index (κ1) is 21.4. The predicted molar refractivity (Wildman–Crippen MR) is 104 cm³/mol. The topological polar surface area (TPSA) is 74.6 Å². The molecule has 0 fully saturated rings. The maximum Gasteiger partial charge on any atom is 0.335 e. The smallest absolute Gasteiger partial charge is 0.335 e. The minimum absolute atomic E-state index is 0.0475. The lowest BCUT2D eigenvalue weighted by molar-refractivity contribution is 0.0684.